The Hall–Kier alpha value is -3.23. The summed E-state index contributed by atoms with van der Waals surface area (Å²) in [5.74, 6) is -0.180. The molecule has 0 bridgehead atoms. The van der Waals surface area contributed by atoms with Crippen molar-refractivity contribution in [3.8, 4) is 11.1 Å². The number of ether oxygens (including phenoxy) is 1. The van der Waals surface area contributed by atoms with Gasteiger partial charge in [0.25, 0.3) is 0 Å². The molecule has 1 aromatic carbocycles. The number of rotatable bonds is 6. The van der Waals surface area contributed by atoms with Crippen LogP contribution >= 0.6 is 11.6 Å². The first kappa shape index (κ1) is 30.2. The second-order valence-electron chi connectivity index (χ2n) is 13.4. The molecule has 2 aliphatic rings. The van der Waals surface area contributed by atoms with Gasteiger partial charge in [0.15, 0.2) is 6.10 Å². The number of aliphatic carboxylic acids is 1. The second-order valence-corrected chi connectivity index (χ2v) is 13.8. The Labute approximate surface area is 254 Å². The standard InChI is InChI=1S/C33H42ClN5O3/c1-20-27(23-8-9-24-18-39(13-10-22(24)16-23)26-17-25(34)35-19-36-26)29(38-14-11-33(6,7)12-15-38)28(21(2)37-20)30(31(40)41)42-32(3,4)5/h8-9,16-17,19,30H,10-15,18H2,1-7H3,(H,40,41). The van der Waals surface area contributed by atoms with Gasteiger partial charge in [0.2, 0.25) is 0 Å². The summed E-state index contributed by atoms with van der Waals surface area (Å²) >= 11 is 6.13. The molecule has 0 radical (unpaired) electrons. The van der Waals surface area contributed by atoms with E-state index in [0.29, 0.717) is 16.4 Å². The third-order valence-electron chi connectivity index (χ3n) is 8.42. The van der Waals surface area contributed by atoms with Gasteiger partial charge in [0.1, 0.15) is 17.3 Å². The average Bonchev–Trinajstić information content (AvgIpc) is 2.90. The van der Waals surface area contributed by atoms with Crippen molar-refractivity contribution in [3.05, 3.63) is 63.8 Å². The number of fused-ring (bicyclic) bond motifs is 1. The summed E-state index contributed by atoms with van der Waals surface area (Å²) in [6.07, 6.45) is 3.27. The Morgan fingerprint density at radius 2 is 1.74 bits per heavy atom. The van der Waals surface area contributed by atoms with Crippen LogP contribution in [-0.2, 0) is 22.5 Å². The maximum Gasteiger partial charge on any atom is 0.337 e. The van der Waals surface area contributed by atoms with Crippen LogP contribution in [0.4, 0.5) is 11.5 Å². The van der Waals surface area contributed by atoms with Crippen molar-refractivity contribution in [1.82, 2.24) is 15.0 Å². The van der Waals surface area contributed by atoms with Crippen LogP contribution in [0.3, 0.4) is 0 Å². The van der Waals surface area contributed by atoms with Gasteiger partial charge in [0.05, 0.1) is 11.3 Å². The zero-order chi connectivity index (χ0) is 30.4. The third kappa shape index (κ3) is 6.40. The first-order chi connectivity index (χ1) is 19.7. The van der Waals surface area contributed by atoms with Crippen LogP contribution in [0.1, 0.15) is 81.6 Å². The van der Waals surface area contributed by atoms with E-state index < -0.39 is 17.7 Å². The molecule has 3 aromatic rings. The van der Waals surface area contributed by atoms with Gasteiger partial charge in [0, 0.05) is 54.8 Å². The summed E-state index contributed by atoms with van der Waals surface area (Å²) in [7, 11) is 0. The highest BCUT2D eigenvalue weighted by molar-refractivity contribution is 6.29. The van der Waals surface area contributed by atoms with Crippen molar-refractivity contribution in [1.29, 1.82) is 0 Å². The van der Waals surface area contributed by atoms with Gasteiger partial charge >= 0.3 is 5.97 Å². The number of carbonyl (C=O) groups is 1. The minimum absolute atomic E-state index is 0.244. The topological polar surface area (TPSA) is 91.7 Å². The van der Waals surface area contributed by atoms with Crippen LogP contribution in [0, 0.1) is 19.3 Å². The molecule has 2 aromatic heterocycles. The monoisotopic (exact) mass is 591 g/mol. The molecular formula is C33H42ClN5O3. The number of carboxylic acid groups (broad SMARTS) is 1. The lowest BCUT2D eigenvalue weighted by atomic mass is 9.81. The summed E-state index contributed by atoms with van der Waals surface area (Å²) < 4.78 is 6.23. The SMILES string of the molecule is Cc1nc(C)c(C(OC(C)(C)C)C(=O)O)c(N2CCC(C)(C)CC2)c1-c1ccc2c(c1)CCN(c1cc(Cl)ncn1)C2. The first-order valence-electron chi connectivity index (χ1n) is 14.7. The van der Waals surface area contributed by atoms with Gasteiger partial charge in [-0.05, 0) is 76.0 Å². The van der Waals surface area contributed by atoms with Crippen LogP contribution < -0.4 is 9.80 Å². The minimum Gasteiger partial charge on any atom is -0.479 e. The van der Waals surface area contributed by atoms with Crippen LogP contribution in [0.25, 0.3) is 11.1 Å². The molecule has 224 valence electrons. The highest BCUT2D eigenvalue weighted by atomic mass is 35.5. The number of pyridine rings is 1. The zero-order valence-electron chi connectivity index (χ0n) is 25.8. The summed E-state index contributed by atoms with van der Waals surface area (Å²) in [6.45, 7) is 17.5. The number of piperidine rings is 1. The second kappa shape index (κ2) is 11.5. The molecule has 0 saturated carbocycles. The van der Waals surface area contributed by atoms with E-state index in [2.05, 4.69) is 51.8 Å². The molecule has 1 saturated heterocycles. The molecule has 1 N–H and O–H groups in total. The van der Waals surface area contributed by atoms with Gasteiger partial charge in [-0.1, -0.05) is 43.6 Å². The number of nitrogens with zero attached hydrogens (tertiary/aromatic N) is 5. The van der Waals surface area contributed by atoms with Gasteiger partial charge < -0.3 is 19.6 Å². The van der Waals surface area contributed by atoms with E-state index in [-0.39, 0.29) is 5.41 Å². The molecule has 1 fully saturated rings. The number of aryl methyl sites for hydroxylation is 2. The average molecular weight is 592 g/mol. The number of hydrogen-bond acceptors (Lipinski definition) is 7. The molecule has 8 nitrogen and oxygen atoms in total. The molecule has 1 unspecified atom stereocenters. The normalized spacial score (nSPS) is 17.6. The van der Waals surface area contributed by atoms with Crippen molar-refractivity contribution in [2.75, 3.05) is 29.4 Å². The van der Waals surface area contributed by atoms with Crippen LogP contribution in [0.2, 0.25) is 5.15 Å². The van der Waals surface area contributed by atoms with Crippen LogP contribution in [0.5, 0.6) is 0 Å². The first-order valence-corrected chi connectivity index (χ1v) is 15.1. The Bertz CT molecular complexity index is 1490. The lowest BCUT2D eigenvalue weighted by molar-refractivity contribution is -0.160. The van der Waals surface area contributed by atoms with Crippen molar-refractivity contribution in [2.45, 2.75) is 86.0 Å². The summed E-state index contributed by atoms with van der Waals surface area (Å²) in [5.41, 5.74) is 7.35. The molecule has 42 heavy (non-hydrogen) atoms. The summed E-state index contributed by atoms with van der Waals surface area (Å²) in [4.78, 5) is 30.7. The molecule has 0 amide bonds. The van der Waals surface area contributed by atoms with Gasteiger partial charge in [-0.25, -0.2) is 14.8 Å². The molecule has 5 rings (SSSR count). The van der Waals surface area contributed by atoms with Crippen molar-refractivity contribution in [3.63, 3.8) is 0 Å². The predicted octanol–water partition coefficient (Wildman–Crippen LogP) is 6.94. The fourth-order valence-electron chi connectivity index (χ4n) is 6.16. The largest absolute Gasteiger partial charge is 0.479 e. The number of anilines is 2. The number of hydrogen-bond donors (Lipinski definition) is 1. The maximum absolute atomic E-state index is 12.8. The molecule has 2 aliphatic heterocycles. The maximum atomic E-state index is 12.8. The highest BCUT2D eigenvalue weighted by Gasteiger charge is 2.36. The smallest absolute Gasteiger partial charge is 0.337 e. The summed E-state index contributed by atoms with van der Waals surface area (Å²) in [6, 6.07) is 8.40. The van der Waals surface area contributed by atoms with Crippen LogP contribution in [-0.4, -0.2) is 51.3 Å². The Balaban J connectivity index is 1.62. The van der Waals surface area contributed by atoms with E-state index in [0.717, 1.165) is 73.8 Å². The zero-order valence-corrected chi connectivity index (χ0v) is 26.5. The number of benzene rings is 1. The van der Waals surface area contributed by atoms with Crippen molar-refractivity contribution < 1.29 is 14.6 Å². The molecule has 1 atom stereocenters. The molecule has 0 spiro atoms. The highest BCUT2D eigenvalue weighted by Crippen LogP contribution is 2.45. The molecule has 0 aliphatic carbocycles. The van der Waals surface area contributed by atoms with Crippen molar-refractivity contribution >= 4 is 29.1 Å². The van der Waals surface area contributed by atoms with Gasteiger partial charge in [-0.2, -0.15) is 0 Å². The fraction of sp³-hybridized carbons (Fsp3) is 0.515. The van der Waals surface area contributed by atoms with E-state index >= 15 is 0 Å². The van der Waals surface area contributed by atoms with Crippen molar-refractivity contribution in [2.24, 2.45) is 5.41 Å². The van der Waals surface area contributed by atoms with Crippen LogP contribution in [0.15, 0.2) is 30.6 Å². The molecule has 9 heteroatoms. The number of carboxylic acids is 1. The summed E-state index contributed by atoms with van der Waals surface area (Å²) in [5, 5.41) is 10.9. The number of aromatic nitrogens is 3. The van der Waals surface area contributed by atoms with E-state index in [1.165, 1.54) is 17.5 Å². The van der Waals surface area contributed by atoms with Gasteiger partial charge in [-0.15, -0.1) is 0 Å². The van der Waals surface area contributed by atoms with E-state index in [1.807, 2.05) is 34.6 Å². The lowest BCUT2D eigenvalue weighted by Gasteiger charge is -2.41. The van der Waals surface area contributed by atoms with E-state index in [1.54, 1.807) is 6.07 Å². The van der Waals surface area contributed by atoms with Gasteiger partial charge in [-0.3, -0.25) is 4.98 Å². The fourth-order valence-corrected chi connectivity index (χ4v) is 6.30. The quantitative estimate of drug-likeness (QED) is 0.308. The third-order valence-corrected chi connectivity index (χ3v) is 8.63. The lowest BCUT2D eigenvalue weighted by Crippen LogP contribution is -2.39. The Kier molecular flexibility index (Phi) is 8.25. The number of halogens is 1. The Morgan fingerprint density at radius 1 is 1.02 bits per heavy atom. The minimum atomic E-state index is -1.13. The molecular weight excluding hydrogens is 550 g/mol. The molecule has 4 heterocycles. The van der Waals surface area contributed by atoms with E-state index in [9.17, 15) is 9.90 Å². The Morgan fingerprint density at radius 3 is 2.38 bits per heavy atom. The van der Waals surface area contributed by atoms with E-state index in [4.69, 9.17) is 21.3 Å². The predicted molar refractivity (Wildman–Crippen MR) is 167 cm³/mol.